The normalized spacial score (nSPS) is 30.0. The lowest BCUT2D eigenvalue weighted by Crippen LogP contribution is -2.40. The highest BCUT2D eigenvalue weighted by Crippen LogP contribution is 2.43. The zero-order valence-electron chi connectivity index (χ0n) is 12.6. The second-order valence-electron chi connectivity index (χ2n) is 5.69. The lowest BCUT2D eigenvalue weighted by molar-refractivity contribution is -0.0564. The number of nitroso groups, excluding NO2 is 1. The predicted molar refractivity (Wildman–Crippen MR) is 79.0 cm³/mol. The molecule has 0 aromatic carbocycles. The summed E-state index contributed by atoms with van der Waals surface area (Å²) >= 11 is 0. The quantitative estimate of drug-likeness (QED) is 0.454. The van der Waals surface area contributed by atoms with Crippen LogP contribution in [0.2, 0.25) is 0 Å². The van der Waals surface area contributed by atoms with Crippen molar-refractivity contribution in [1.29, 1.82) is 0 Å². The zero-order chi connectivity index (χ0) is 17.5. The number of halogens is 1. The average molecular weight is 341 g/mol. The van der Waals surface area contributed by atoms with Crippen LogP contribution in [0.5, 0.6) is 0 Å². The van der Waals surface area contributed by atoms with Crippen molar-refractivity contribution < 1.29 is 24.5 Å². The Labute approximate surface area is 134 Å². The number of aliphatic hydroxyl groups excluding tert-OH is 2. The fraction of sp³-hybridized carbons (Fsp3) is 0.538. The van der Waals surface area contributed by atoms with Gasteiger partial charge in [-0.1, -0.05) is 5.18 Å². The molecule has 4 atom stereocenters. The zero-order valence-corrected chi connectivity index (χ0v) is 12.6. The molecule has 10 nitrogen and oxygen atoms in total. The minimum absolute atomic E-state index is 0.0233. The number of nitrogens with one attached hydrogen (secondary N) is 1. The molecule has 11 heteroatoms. The Morgan fingerprint density at radius 3 is 2.88 bits per heavy atom. The Hall–Kier alpha value is -2.21. The standard InChI is InChI=1S/C13H16FN5O5/c1-13(14)9(21)7(4-20)24-12(13)19-3-6(2-17-22)8-10(18-23)15-5-16-11(8)19/h3,5,7,9,12,20-21,23H,2,4H2,1H3,(H,15,16,18)/t7?,9?,12-,13-/m1/s1. The summed E-state index contributed by atoms with van der Waals surface area (Å²) in [5.74, 6) is 0.0233. The van der Waals surface area contributed by atoms with E-state index in [0.717, 1.165) is 13.3 Å². The van der Waals surface area contributed by atoms with Gasteiger partial charge in [0.15, 0.2) is 17.7 Å². The summed E-state index contributed by atoms with van der Waals surface area (Å²) in [6, 6.07) is 0. The van der Waals surface area contributed by atoms with Gasteiger partial charge in [0.2, 0.25) is 0 Å². The maximum Gasteiger partial charge on any atom is 0.181 e. The molecule has 4 N–H and O–H groups in total. The van der Waals surface area contributed by atoms with Crippen molar-refractivity contribution >= 4 is 16.9 Å². The number of aliphatic hydroxyl groups is 2. The van der Waals surface area contributed by atoms with Crippen LogP contribution in [0, 0.1) is 4.91 Å². The van der Waals surface area contributed by atoms with Crippen LogP contribution < -0.4 is 5.48 Å². The summed E-state index contributed by atoms with van der Waals surface area (Å²) < 4.78 is 21.7. The number of hydrogen-bond acceptors (Lipinski definition) is 9. The maximum absolute atomic E-state index is 15.0. The van der Waals surface area contributed by atoms with Crippen LogP contribution in [-0.2, 0) is 11.3 Å². The number of rotatable bonds is 5. The third-order valence-corrected chi connectivity index (χ3v) is 4.18. The van der Waals surface area contributed by atoms with E-state index < -0.39 is 30.7 Å². The fourth-order valence-corrected chi connectivity index (χ4v) is 2.98. The second-order valence-corrected chi connectivity index (χ2v) is 5.69. The van der Waals surface area contributed by atoms with Gasteiger partial charge in [0.25, 0.3) is 0 Å². The average Bonchev–Trinajstić information content (AvgIpc) is 3.04. The smallest absolute Gasteiger partial charge is 0.181 e. The van der Waals surface area contributed by atoms with Gasteiger partial charge < -0.3 is 19.5 Å². The molecule has 0 radical (unpaired) electrons. The van der Waals surface area contributed by atoms with Crippen molar-refractivity contribution in [2.75, 3.05) is 12.1 Å². The van der Waals surface area contributed by atoms with Gasteiger partial charge in [-0.25, -0.2) is 14.4 Å². The van der Waals surface area contributed by atoms with E-state index in [1.807, 2.05) is 5.48 Å². The molecule has 2 unspecified atom stereocenters. The van der Waals surface area contributed by atoms with Crippen molar-refractivity contribution in [3.8, 4) is 0 Å². The number of anilines is 1. The molecule has 0 saturated carbocycles. The molecule has 0 spiro atoms. The van der Waals surface area contributed by atoms with Crippen LogP contribution in [0.1, 0.15) is 18.7 Å². The number of nitrogens with zero attached hydrogens (tertiary/aromatic N) is 4. The highest BCUT2D eigenvalue weighted by molar-refractivity contribution is 5.90. The molecule has 0 aliphatic carbocycles. The first-order valence-electron chi connectivity index (χ1n) is 7.12. The lowest BCUT2D eigenvalue weighted by atomic mass is 9.98. The first kappa shape index (κ1) is 16.6. The third-order valence-electron chi connectivity index (χ3n) is 4.18. The second kappa shape index (κ2) is 6.02. The minimum Gasteiger partial charge on any atom is -0.394 e. The van der Waals surface area contributed by atoms with E-state index in [9.17, 15) is 24.7 Å². The largest absolute Gasteiger partial charge is 0.394 e. The van der Waals surface area contributed by atoms with E-state index in [1.54, 1.807) is 0 Å². The van der Waals surface area contributed by atoms with Crippen LogP contribution in [-0.4, -0.2) is 54.4 Å². The van der Waals surface area contributed by atoms with E-state index in [0.29, 0.717) is 5.56 Å². The molecule has 2 aromatic rings. The van der Waals surface area contributed by atoms with Crippen LogP contribution in [0.15, 0.2) is 17.7 Å². The van der Waals surface area contributed by atoms with Crippen molar-refractivity contribution in [3.05, 3.63) is 23.0 Å². The van der Waals surface area contributed by atoms with Crippen molar-refractivity contribution in [2.45, 2.75) is 37.6 Å². The topological polar surface area (TPSA) is 142 Å². The summed E-state index contributed by atoms with van der Waals surface area (Å²) in [5.41, 5.74) is 0.197. The number of alkyl halides is 1. The molecule has 3 rings (SSSR count). The number of ether oxygens (including phenoxy) is 1. The molecule has 1 saturated heterocycles. The lowest BCUT2D eigenvalue weighted by Gasteiger charge is -2.25. The number of hydrogen-bond donors (Lipinski definition) is 4. The van der Waals surface area contributed by atoms with Crippen LogP contribution in [0.3, 0.4) is 0 Å². The van der Waals surface area contributed by atoms with Gasteiger partial charge in [0, 0.05) is 11.8 Å². The van der Waals surface area contributed by atoms with Crippen molar-refractivity contribution in [1.82, 2.24) is 14.5 Å². The van der Waals surface area contributed by atoms with E-state index in [2.05, 4.69) is 15.1 Å². The first-order valence-corrected chi connectivity index (χ1v) is 7.12. The summed E-state index contributed by atoms with van der Waals surface area (Å²) in [6.45, 7) is 0.332. The van der Waals surface area contributed by atoms with Crippen molar-refractivity contribution in [3.63, 3.8) is 0 Å². The van der Waals surface area contributed by atoms with Gasteiger partial charge in [-0.15, -0.1) is 0 Å². The Morgan fingerprint density at radius 2 is 2.29 bits per heavy atom. The summed E-state index contributed by atoms with van der Waals surface area (Å²) in [7, 11) is 0. The van der Waals surface area contributed by atoms with Gasteiger partial charge >= 0.3 is 0 Å². The summed E-state index contributed by atoms with van der Waals surface area (Å²) in [6.07, 6.45) is -1.41. The Bertz CT molecular complexity index is 767. The van der Waals surface area contributed by atoms with Gasteiger partial charge in [-0.05, 0) is 6.92 Å². The van der Waals surface area contributed by atoms with Crippen LogP contribution >= 0.6 is 0 Å². The Morgan fingerprint density at radius 1 is 1.54 bits per heavy atom. The number of aromatic nitrogens is 3. The summed E-state index contributed by atoms with van der Waals surface area (Å²) in [5, 5.41) is 31.5. The number of fused-ring (bicyclic) bond motifs is 1. The van der Waals surface area contributed by atoms with Gasteiger partial charge in [0.1, 0.15) is 30.7 Å². The monoisotopic (exact) mass is 341 g/mol. The van der Waals surface area contributed by atoms with Crippen molar-refractivity contribution in [2.24, 2.45) is 5.18 Å². The fourth-order valence-electron chi connectivity index (χ4n) is 2.98. The molecular weight excluding hydrogens is 325 g/mol. The van der Waals surface area contributed by atoms with Crippen LogP contribution in [0.25, 0.3) is 11.0 Å². The molecule has 0 bridgehead atoms. The molecule has 24 heavy (non-hydrogen) atoms. The van der Waals surface area contributed by atoms with Gasteiger partial charge in [-0.3, -0.25) is 10.7 Å². The third kappa shape index (κ3) is 2.33. The molecule has 2 aromatic heterocycles. The molecule has 0 amide bonds. The molecule has 1 aliphatic heterocycles. The van der Waals surface area contributed by atoms with E-state index in [4.69, 9.17) is 4.74 Å². The predicted octanol–water partition coefficient (Wildman–Crippen LogP) is 0.478. The highest BCUT2D eigenvalue weighted by Gasteiger charge is 2.55. The molecule has 3 heterocycles. The van der Waals surface area contributed by atoms with E-state index >= 15 is 0 Å². The minimum atomic E-state index is -2.22. The Balaban J connectivity index is 2.18. The summed E-state index contributed by atoms with van der Waals surface area (Å²) in [4.78, 5) is 18.5. The highest BCUT2D eigenvalue weighted by atomic mass is 19.1. The van der Waals surface area contributed by atoms with E-state index in [-0.39, 0.29) is 23.4 Å². The van der Waals surface area contributed by atoms with Gasteiger partial charge in [0.05, 0.1) is 12.0 Å². The Kier molecular flexibility index (Phi) is 4.17. The molecule has 1 fully saturated rings. The molecule has 1 aliphatic rings. The van der Waals surface area contributed by atoms with Crippen LogP contribution in [0.4, 0.5) is 10.2 Å². The molecule has 130 valence electrons. The SMILES string of the molecule is C[C@@]1(F)C(O)C(CO)O[C@H]1n1cc(CN=O)c2c(NO)ncnc21. The van der Waals surface area contributed by atoms with Gasteiger partial charge in [-0.2, -0.15) is 4.91 Å². The molecular formula is C13H16FN5O5. The maximum atomic E-state index is 15.0. The van der Waals surface area contributed by atoms with E-state index in [1.165, 1.54) is 10.8 Å². The first-order chi connectivity index (χ1) is 11.5.